The van der Waals surface area contributed by atoms with Gasteiger partial charge in [0.2, 0.25) is 5.76 Å². The first kappa shape index (κ1) is 12.6. The van der Waals surface area contributed by atoms with E-state index in [1.807, 2.05) is 30.3 Å². The zero-order chi connectivity index (χ0) is 13.7. The summed E-state index contributed by atoms with van der Waals surface area (Å²) in [6, 6.07) is 12.4. The third-order valence-electron chi connectivity index (χ3n) is 2.24. The first-order valence-electron chi connectivity index (χ1n) is 5.48. The van der Waals surface area contributed by atoms with E-state index < -0.39 is 11.7 Å². The number of aliphatic carboxylic acids is 1. The molecule has 0 spiro atoms. The molecule has 2 aromatic rings. The van der Waals surface area contributed by atoms with Crippen molar-refractivity contribution in [1.29, 1.82) is 0 Å². The molecule has 5 heteroatoms. The minimum atomic E-state index is -1.40. The van der Waals surface area contributed by atoms with Gasteiger partial charge in [-0.05, 0) is 24.3 Å². The van der Waals surface area contributed by atoms with Gasteiger partial charge in [-0.2, -0.15) is 0 Å². The number of aliphatic hydroxyl groups excluding tert-OH is 1. The van der Waals surface area contributed by atoms with Crippen molar-refractivity contribution < 1.29 is 19.7 Å². The monoisotopic (exact) mass is 257 g/mol. The maximum Gasteiger partial charge on any atom is 0.371 e. The van der Waals surface area contributed by atoms with Crippen molar-refractivity contribution in [2.24, 2.45) is 0 Å². The molecule has 0 fully saturated rings. The molecule has 5 nitrogen and oxygen atoms in total. The molecular formula is C14H11NO4. The second-order valence-electron chi connectivity index (χ2n) is 3.67. The Morgan fingerprint density at radius 3 is 2.37 bits per heavy atom. The number of benzene rings is 1. The zero-order valence-electron chi connectivity index (χ0n) is 9.85. The van der Waals surface area contributed by atoms with E-state index >= 15 is 0 Å². The molecule has 1 heterocycles. The molecule has 1 aromatic heterocycles. The lowest BCUT2D eigenvalue weighted by molar-refractivity contribution is -0.135. The Labute approximate surface area is 109 Å². The number of aliphatic hydroxyl groups is 1. The number of carboxylic acids is 1. The van der Waals surface area contributed by atoms with Gasteiger partial charge in [0, 0.05) is 6.08 Å². The summed E-state index contributed by atoms with van der Waals surface area (Å²) in [4.78, 5) is 14.4. The van der Waals surface area contributed by atoms with Crippen LogP contribution in [-0.2, 0) is 4.79 Å². The van der Waals surface area contributed by atoms with Crippen LogP contribution in [-0.4, -0.2) is 21.2 Å². The topological polar surface area (TPSA) is 79.7 Å². The van der Waals surface area contributed by atoms with Crippen molar-refractivity contribution in [2.45, 2.75) is 0 Å². The molecule has 0 saturated heterocycles. The second kappa shape index (κ2) is 5.68. The number of ether oxygens (including phenoxy) is 1. The summed E-state index contributed by atoms with van der Waals surface area (Å²) in [5, 5.41) is 17.6. The molecule has 1 aromatic carbocycles. The zero-order valence-corrected chi connectivity index (χ0v) is 9.85. The number of carbonyl (C=O) groups is 1. The second-order valence-corrected chi connectivity index (χ2v) is 3.67. The van der Waals surface area contributed by atoms with Crippen LogP contribution in [0.1, 0.15) is 5.69 Å². The summed E-state index contributed by atoms with van der Waals surface area (Å²) in [7, 11) is 0. The summed E-state index contributed by atoms with van der Waals surface area (Å²) < 4.78 is 5.52. The number of carboxylic acid groups (broad SMARTS) is 1. The average molecular weight is 257 g/mol. The van der Waals surface area contributed by atoms with Gasteiger partial charge in [-0.15, -0.1) is 0 Å². The van der Waals surface area contributed by atoms with Crippen LogP contribution in [0.2, 0.25) is 0 Å². The van der Waals surface area contributed by atoms with Crippen LogP contribution in [0.5, 0.6) is 11.5 Å². The Morgan fingerprint density at radius 1 is 1.05 bits per heavy atom. The maximum absolute atomic E-state index is 10.4. The molecule has 0 atom stereocenters. The van der Waals surface area contributed by atoms with Crippen molar-refractivity contribution in [3.63, 3.8) is 0 Å². The molecule has 0 amide bonds. The van der Waals surface area contributed by atoms with Crippen LogP contribution in [0.3, 0.4) is 0 Å². The lowest BCUT2D eigenvalue weighted by Gasteiger charge is -2.04. The minimum Gasteiger partial charge on any atom is -0.502 e. The Bertz CT molecular complexity index is 591. The van der Waals surface area contributed by atoms with Crippen LogP contribution in [0.25, 0.3) is 6.08 Å². The maximum atomic E-state index is 10.4. The standard InChI is InChI=1S/C14H11NO4/c16-13(14(17)18)8-10-6-7-12(9-15-10)19-11-4-2-1-3-5-11/h1-9,16H,(H,17,18)/b13-8-. The highest BCUT2D eigenvalue weighted by atomic mass is 16.5. The van der Waals surface area contributed by atoms with E-state index in [1.165, 1.54) is 6.20 Å². The fourth-order valence-electron chi connectivity index (χ4n) is 1.36. The predicted molar refractivity (Wildman–Crippen MR) is 69.0 cm³/mol. The molecule has 0 aliphatic rings. The quantitative estimate of drug-likeness (QED) is 0.650. The van der Waals surface area contributed by atoms with Crippen LogP contribution in [0, 0.1) is 0 Å². The van der Waals surface area contributed by atoms with E-state index in [0.29, 0.717) is 17.2 Å². The van der Waals surface area contributed by atoms with Crippen molar-refractivity contribution in [2.75, 3.05) is 0 Å². The van der Waals surface area contributed by atoms with Crippen molar-refractivity contribution >= 4 is 12.0 Å². The fraction of sp³-hybridized carbons (Fsp3) is 0. The summed E-state index contributed by atoms with van der Waals surface area (Å²) in [5.41, 5.74) is 0.334. The van der Waals surface area contributed by atoms with Gasteiger partial charge in [-0.1, -0.05) is 18.2 Å². The Morgan fingerprint density at radius 2 is 1.79 bits per heavy atom. The SMILES string of the molecule is O=C(O)/C(O)=C/c1ccc(Oc2ccccc2)cn1. The molecule has 2 N–H and O–H groups in total. The van der Waals surface area contributed by atoms with Crippen LogP contribution < -0.4 is 4.74 Å². The van der Waals surface area contributed by atoms with Crippen molar-refractivity contribution in [3.8, 4) is 11.5 Å². The van der Waals surface area contributed by atoms with Crippen LogP contribution >= 0.6 is 0 Å². The Hall–Kier alpha value is -2.82. The highest BCUT2D eigenvalue weighted by Gasteiger charge is 2.04. The summed E-state index contributed by atoms with van der Waals surface area (Å²) in [6.45, 7) is 0. The largest absolute Gasteiger partial charge is 0.502 e. The lowest BCUT2D eigenvalue weighted by atomic mass is 10.3. The highest BCUT2D eigenvalue weighted by Crippen LogP contribution is 2.20. The third kappa shape index (κ3) is 3.57. The molecule has 19 heavy (non-hydrogen) atoms. The summed E-state index contributed by atoms with van der Waals surface area (Å²) in [5.74, 6) is -0.949. The number of nitrogens with zero attached hydrogens (tertiary/aromatic N) is 1. The number of rotatable bonds is 4. The van der Waals surface area contributed by atoms with Gasteiger partial charge < -0.3 is 14.9 Å². The van der Waals surface area contributed by atoms with E-state index in [4.69, 9.17) is 14.9 Å². The molecule has 0 aliphatic heterocycles. The first-order chi connectivity index (χ1) is 9.15. The molecule has 0 saturated carbocycles. The van der Waals surface area contributed by atoms with Crippen LogP contribution in [0.15, 0.2) is 54.4 Å². The molecular weight excluding hydrogens is 246 g/mol. The van der Waals surface area contributed by atoms with E-state index in [1.54, 1.807) is 12.1 Å². The van der Waals surface area contributed by atoms with E-state index in [-0.39, 0.29) is 0 Å². The predicted octanol–water partition coefficient (Wildman–Crippen LogP) is 2.86. The molecule has 96 valence electrons. The Balaban J connectivity index is 2.11. The lowest BCUT2D eigenvalue weighted by Crippen LogP contribution is -1.98. The van der Waals surface area contributed by atoms with Gasteiger partial charge >= 0.3 is 5.97 Å². The molecule has 2 rings (SSSR count). The number of aromatic nitrogens is 1. The third-order valence-corrected chi connectivity index (χ3v) is 2.24. The molecule has 0 unspecified atom stereocenters. The molecule has 0 aliphatic carbocycles. The number of para-hydroxylation sites is 1. The van der Waals surface area contributed by atoms with Gasteiger partial charge in [0.1, 0.15) is 11.5 Å². The van der Waals surface area contributed by atoms with E-state index in [0.717, 1.165) is 6.08 Å². The number of hydrogen-bond acceptors (Lipinski definition) is 4. The Kier molecular flexibility index (Phi) is 3.78. The van der Waals surface area contributed by atoms with Gasteiger partial charge in [0.15, 0.2) is 0 Å². The van der Waals surface area contributed by atoms with E-state index in [9.17, 15) is 4.79 Å². The van der Waals surface area contributed by atoms with E-state index in [2.05, 4.69) is 4.98 Å². The van der Waals surface area contributed by atoms with Crippen molar-refractivity contribution in [3.05, 3.63) is 60.1 Å². The molecule has 0 radical (unpaired) electrons. The van der Waals surface area contributed by atoms with Gasteiger partial charge in [-0.3, -0.25) is 4.98 Å². The van der Waals surface area contributed by atoms with Crippen LogP contribution in [0.4, 0.5) is 0 Å². The number of pyridine rings is 1. The smallest absolute Gasteiger partial charge is 0.371 e. The first-order valence-corrected chi connectivity index (χ1v) is 5.48. The van der Waals surface area contributed by atoms with Gasteiger partial charge in [-0.25, -0.2) is 4.79 Å². The summed E-state index contributed by atoms with van der Waals surface area (Å²) in [6.07, 6.45) is 2.52. The summed E-state index contributed by atoms with van der Waals surface area (Å²) >= 11 is 0. The van der Waals surface area contributed by atoms with Gasteiger partial charge in [0.25, 0.3) is 0 Å². The highest BCUT2D eigenvalue weighted by molar-refractivity contribution is 5.88. The van der Waals surface area contributed by atoms with Gasteiger partial charge in [0.05, 0.1) is 11.9 Å². The molecule has 0 bridgehead atoms. The normalized spacial score (nSPS) is 11.1. The fourth-order valence-corrected chi connectivity index (χ4v) is 1.36. The average Bonchev–Trinajstić information content (AvgIpc) is 2.42. The minimum absolute atomic E-state index is 0.334. The number of hydrogen-bond donors (Lipinski definition) is 2. The van der Waals surface area contributed by atoms with Crippen molar-refractivity contribution in [1.82, 2.24) is 4.98 Å².